The Kier molecular flexibility index (Phi) is 3.28. The normalized spacial score (nSPS) is 18.6. The molecule has 0 spiro atoms. The van der Waals surface area contributed by atoms with E-state index in [0.717, 1.165) is 16.5 Å². The highest BCUT2D eigenvalue weighted by molar-refractivity contribution is 7.80. The SMILES string of the molecule is C=CCN1C(=O)C(Cc2c[nH]c3ccccc23)NC1=S. The van der Waals surface area contributed by atoms with Crippen LogP contribution in [0.25, 0.3) is 10.9 Å². The van der Waals surface area contributed by atoms with Gasteiger partial charge in [0.15, 0.2) is 5.11 Å². The first-order valence-electron chi connectivity index (χ1n) is 6.48. The minimum absolute atomic E-state index is 0.0141. The summed E-state index contributed by atoms with van der Waals surface area (Å²) in [5.74, 6) is 0.0141. The first-order valence-corrected chi connectivity index (χ1v) is 6.89. The van der Waals surface area contributed by atoms with Gasteiger partial charge >= 0.3 is 0 Å². The number of nitrogens with zero attached hydrogens (tertiary/aromatic N) is 1. The van der Waals surface area contributed by atoms with Crippen LogP contribution in [0.2, 0.25) is 0 Å². The van der Waals surface area contributed by atoms with E-state index in [4.69, 9.17) is 12.2 Å². The Labute approximate surface area is 122 Å². The number of hydrogen-bond donors (Lipinski definition) is 2. The standard InChI is InChI=1S/C15H15N3OS/c1-2-7-18-14(19)13(17-15(18)20)8-10-9-16-12-6-4-3-5-11(10)12/h2-6,9,13,16H,1,7-8H2,(H,17,20). The van der Waals surface area contributed by atoms with E-state index in [2.05, 4.69) is 22.9 Å². The summed E-state index contributed by atoms with van der Waals surface area (Å²) in [5.41, 5.74) is 2.20. The summed E-state index contributed by atoms with van der Waals surface area (Å²) >= 11 is 5.19. The van der Waals surface area contributed by atoms with Gasteiger partial charge in [0.25, 0.3) is 5.91 Å². The number of rotatable bonds is 4. The third-order valence-corrected chi connectivity index (χ3v) is 3.86. The van der Waals surface area contributed by atoms with Gasteiger partial charge in [0.2, 0.25) is 0 Å². The van der Waals surface area contributed by atoms with E-state index in [9.17, 15) is 4.79 Å². The van der Waals surface area contributed by atoms with Gasteiger partial charge < -0.3 is 10.3 Å². The van der Waals surface area contributed by atoms with Gasteiger partial charge in [-0.2, -0.15) is 0 Å². The van der Waals surface area contributed by atoms with Crippen molar-refractivity contribution in [2.24, 2.45) is 0 Å². The minimum atomic E-state index is -0.290. The van der Waals surface area contributed by atoms with E-state index in [0.29, 0.717) is 18.1 Å². The number of fused-ring (bicyclic) bond motifs is 1. The Balaban J connectivity index is 1.83. The number of amides is 1. The smallest absolute Gasteiger partial charge is 0.251 e. The second-order valence-corrected chi connectivity index (χ2v) is 5.19. The lowest BCUT2D eigenvalue weighted by atomic mass is 10.1. The number of carbonyl (C=O) groups is 1. The van der Waals surface area contributed by atoms with Crippen LogP contribution in [0.4, 0.5) is 0 Å². The summed E-state index contributed by atoms with van der Waals surface area (Å²) in [4.78, 5) is 17.1. The van der Waals surface area contributed by atoms with Crippen molar-refractivity contribution in [2.45, 2.75) is 12.5 Å². The summed E-state index contributed by atoms with van der Waals surface area (Å²) in [7, 11) is 0. The number of nitrogens with one attached hydrogen (secondary N) is 2. The van der Waals surface area contributed by atoms with Crippen molar-refractivity contribution < 1.29 is 4.79 Å². The van der Waals surface area contributed by atoms with Gasteiger partial charge in [0.05, 0.1) is 0 Å². The molecule has 1 aliphatic heterocycles. The molecule has 1 fully saturated rings. The van der Waals surface area contributed by atoms with Crippen LogP contribution in [-0.2, 0) is 11.2 Å². The molecule has 1 unspecified atom stereocenters. The van der Waals surface area contributed by atoms with Crippen molar-refractivity contribution >= 4 is 34.1 Å². The summed E-state index contributed by atoms with van der Waals surface area (Å²) in [5, 5.41) is 4.72. The number of hydrogen-bond acceptors (Lipinski definition) is 2. The molecular weight excluding hydrogens is 270 g/mol. The molecule has 5 heteroatoms. The molecule has 102 valence electrons. The highest BCUT2D eigenvalue weighted by Crippen LogP contribution is 2.21. The molecule has 4 nitrogen and oxygen atoms in total. The molecule has 0 radical (unpaired) electrons. The molecule has 0 bridgehead atoms. The second-order valence-electron chi connectivity index (χ2n) is 4.80. The Hall–Kier alpha value is -2.14. The van der Waals surface area contributed by atoms with Crippen LogP contribution < -0.4 is 5.32 Å². The molecule has 1 atom stereocenters. The van der Waals surface area contributed by atoms with E-state index >= 15 is 0 Å². The fourth-order valence-corrected chi connectivity index (χ4v) is 2.84. The third-order valence-electron chi connectivity index (χ3n) is 3.52. The van der Waals surface area contributed by atoms with Crippen LogP contribution >= 0.6 is 12.2 Å². The second kappa shape index (κ2) is 5.09. The number of carbonyl (C=O) groups excluding carboxylic acids is 1. The predicted octanol–water partition coefficient (Wildman–Crippen LogP) is 1.98. The Bertz CT molecular complexity index is 691. The molecule has 0 saturated carbocycles. The van der Waals surface area contributed by atoms with Crippen LogP contribution in [-0.4, -0.2) is 33.5 Å². The van der Waals surface area contributed by atoms with E-state index in [1.165, 1.54) is 0 Å². The van der Waals surface area contributed by atoms with E-state index < -0.39 is 0 Å². The lowest BCUT2D eigenvalue weighted by molar-refractivity contribution is -0.126. The highest BCUT2D eigenvalue weighted by Gasteiger charge is 2.34. The van der Waals surface area contributed by atoms with Gasteiger partial charge in [-0.3, -0.25) is 9.69 Å². The van der Waals surface area contributed by atoms with Gasteiger partial charge in [-0.1, -0.05) is 24.3 Å². The molecule has 3 rings (SSSR count). The third kappa shape index (κ3) is 2.10. The fraction of sp³-hybridized carbons (Fsp3) is 0.200. The average molecular weight is 285 g/mol. The van der Waals surface area contributed by atoms with Gasteiger partial charge in [-0.25, -0.2) is 0 Å². The van der Waals surface area contributed by atoms with Crippen molar-refractivity contribution in [3.05, 3.63) is 48.7 Å². The Morgan fingerprint density at radius 2 is 2.20 bits per heavy atom. The molecule has 1 aromatic carbocycles. The molecule has 2 aromatic rings. The van der Waals surface area contributed by atoms with Crippen molar-refractivity contribution in [1.82, 2.24) is 15.2 Å². The molecular formula is C15H15N3OS. The number of thiocarbonyl (C=S) groups is 1. The molecule has 1 saturated heterocycles. The molecule has 0 aliphatic carbocycles. The molecule has 2 N–H and O–H groups in total. The van der Waals surface area contributed by atoms with E-state index in [-0.39, 0.29) is 11.9 Å². The number of benzene rings is 1. The van der Waals surface area contributed by atoms with E-state index in [1.54, 1.807) is 11.0 Å². The maximum atomic E-state index is 12.3. The van der Waals surface area contributed by atoms with Crippen LogP contribution in [0.3, 0.4) is 0 Å². The van der Waals surface area contributed by atoms with Gasteiger partial charge in [0.1, 0.15) is 6.04 Å². The number of H-pyrrole nitrogens is 1. The zero-order valence-electron chi connectivity index (χ0n) is 10.9. The Morgan fingerprint density at radius 3 is 3.00 bits per heavy atom. The summed E-state index contributed by atoms with van der Waals surface area (Å²) in [6, 6.07) is 7.78. The zero-order chi connectivity index (χ0) is 14.1. The van der Waals surface area contributed by atoms with Crippen LogP contribution in [0, 0.1) is 0 Å². The average Bonchev–Trinajstić information content (AvgIpc) is 2.97. The van der Waals surface area contributed by atoms with Gasteiger partial charge in [-0.15, -0.1) is 6.58 Å². The van der Waals surface area contributed by atoms with Crippen molar-refractivity contribution in [3.63, 3.8) is 0 Å². The zero-order valence-corrected chi connectivity index (χ0v) is 11.7. The number of aromatic amines is 1. The van der Waals surface area contributed by atoms with Crippen molar-refractivity contribution in [2.75, 3.05) is 6.54 Å². The number of aromatic nitrogens is 1. The fourth-order valence-electron chi connectivity index (χ4n) is 2.54. The van der Waals surface area contributed by atoms with Crippen LogP contribution in [0.1, 0.15) is 5.56 Å². The molecule has 1 amide bonds. The van der Waals surface area contributed by atoms with Crippen molar-refractivity contribution in [1.29, 1.82) is 0 Å². The van der Waals surface area contributed by atoms with Gasteiger partial charge in [-0.05, 0) is 23.8 Å². The summed E-state index contributed by atoms with van der Waals surface area (Å²) in [6.45, 7) is 4.10. The first kappa shape index (κ1) is 12.9. The minimum Gasteiger partial charge on any atom is -0.361 e. The lowest BCUT2D eigenvalue weighted by Gasteiger charge is -2.11. The maximum Gasteiger partial charge on any atom is 0.251 e. The molecule has 20 heavy (non-hydrogen) atoms. The molecule has 2 heterocycles. The topological polar surface area (TPSA) is 48.1 Å². The Morgan fingerprint density at radius 1 is 1.40 bits per heavy atom. The molecule has 1 aliphatic rings. The summed E-state index contributed by atoms with van der Waals surface area (Å²) in [6.07, 6.45) is 4.26. The monoisotopic (exact) mass is 285 g/mol. The largest absolute Gasteiger partial charge is 0.361 e. The first-order chi connectivity index (χ1) is 9.70. The maximum absolute atomic E-state index is 12.3. The summed E-state index contributed by atoms with van der Waals surface area (Å²) < 4.78 is 0. The predicted molar refractivity (Wildman–Crippen MR) is 83.4 cm³/mol. The van der Waals surface area contributed by atoms with E-state index in [1.807, 2.05) is 24.4 Å². The van der Waals surface area contributed by atoms with Crippen molar-refractivity contribution in [3.8, 4) is 0 Å². The lowest BCUT2D eigenvalue weighted by Crippen LogP contribution is -2.32. The van der Waals surface area contributed by atoms with Crippen LogP contribution in [0.15, 0.2) is 43.1 Å². The quantitative estimate of drug-likeness (QED) is 0.667. The highest BCUT2D eigenvalue weighted by atomic mass is 32.1. The van der Waals surface area contributed by atoms with Gasteiger partial charge in [0, 0.05) is 30.1 Å². The van der Waals surface area contributed by atoms with Crippen LogP contribution in [0.5, 0.6) is 0 Å². The number of para-hydroxylation sites is 1. The molecule has 1 aromatic heterocycles.